The molecule has 0 aliphatic rings. The molecule has 2 heterocycles. The first-order valence-electron chi connectivity index (χ1n) is 6.78. The van der Waals surface area contributed by atoms with Crippen LogP contribution in [0, 0.1) is 6.92 Å². The summed E-state index contributed by atoms with van der Waals surface area (Å²) in [5, 5.41) is 10.7. The summed E-state index contributed by atoms with van der Waals surface area (Å²) < 4.78 is 4.50. The molecule has 0 saturated heterocycles. The summed E-state index contributed by atoms with van der Waals surface area (Å²) in [6.45, 7) is 1.61. The van der Waals surface area contributed by atoms with Crippen LogP contribution < -0.4 is 11.1 Å². The third-order valence-corrected chi connectivity index (χ3v) is 3.82. The molecule has 3 N–H and O–H groups in total. The van der Waals surface area contributed by atoms with Crippen molar-refractivity contribution in [3.8, 4) is 11.1 Å². The fourth-order valence-corrected chi connectivity index (χ4v) is 2.48. The molecule has 1 aromatic carbocycles. The van der Waals surface area contributed by atoms with Crippen LogP contribution in [0.15, 0.2) is 35.0 Å². The summed E-state index contributed by atoms with van der Waals surface area (Å²) >= 11 is 12.2. The molecule has 24 heavy (non-hydrogen) atoms. The summed E-state index contributed by atoms with van der Waals surface area (Å²) in [6.07, 6.45) is 0. The Bertz CT molecular complexity index is 926. The zero-order valence-electron chi connectivity index (χ0n) is 12.4. The predicted molar refractivity (Wildman–Crippen MR) is 91.1 cm³/mol. The van der Waals surface area contributed by atoms with Gasteiger partial charge in [0.1, 0.15) is 17.3 Å². The second-order valence-corrected chi connectivity index (χ2v) is 5.75. The van der Waals surface area contributed by atoms with Gasteiger partial charge in [0.15, 0.2) is 5.69 Å². The Morgan fingerprint density at radius 3 is 2.62 bits per heavy atom. The van der Waals surface area contributed by atoms with E-state index < -0.39 is 5.91 Å². The molecule has 0 saturated carbocycles. The number of hydrogen-bond donors (Lipinski definition) is 2. The number of carbonyl (C=O) groups excluding carboxylic acids is 1. The van der Waals surface area contributed by atoms with Gasteiger partial charge in [-0.25, -0.2) is 9.61 Å². The van der Waals surface area contributed by atoms with Gasteiger partial charge < -0.3 is 11.1 Å². The van der Waals surface area contributed by atoms with Gasteiger partial charge in [-0.1, -0.05) is 28.4 Å². The molecule has 0 bridgehead atoms. The van der Waals surface area contributed by atoms with Crippen LogP contribution >= 0.6 is 23.2 Å². The second kappa shape index (κ2) is 6.46. The van der Waals surface area contributed by atoms with Crippen molar-refractivity contribution in [3.63, 3.8) is 0 Å². The first kappa shape index (κ1) is 16.2. The summed E-state index contributed by atoms with van der Waals surface area (Å²) in [5.41, 5.74) is 7.71. The van der Waals surface area contributed by atoms with Crippen molar-refractivity contribution in [2.45, 2.75) is 6.92 Å². The topological polar surface area (TPSA) is 107 Å². The molecule has 0 fully saturated rings. The number of aromatic nitrogens is 3. The fourth-order valence-electron chi connectivity index (χ4n) is 2.09. The number of hydrogen-bond acceptors (Lipinski definition) is 6. The minimum Gasteiger partial charge on any atom is -0.383 e. The quantitative estimate of drug-likeness (QED) is 0.736. The molecule has 7 nitrogen and oxygen atoms in total. The molecule has 2 aromatic heterocycles. The fraction of sp³-hybridized carbons (Fsp3) is 0.0667. The minimum atomic E-state index is -0.491. The number of nitrogens with two attached hydrogens (primary N) is 1. The molecule has 122 valence electrons. The summed E-state index contributed by atoms with van der Waals surface area (Å²) in [4.78, 5) is 16.2. The summed E-state index contributed by atoms with van der Waals surface area (Å²) in [5.74, 6) is -0.0250. The molecule has 1 amide bonds. The van der Waals surface area contributed by atoms with Crippen LogP contribution in [0.2, 0.25) is 10.0 Å². The largest absolute Gasteiger partial charge is 0.383 e. The molecule has 0 radical (unpaired) electrons. The molecular weight excluding hydrogens is 353 g/mol. The summed E-state index contributed by atoms with van der Waals surface area (Å²) in [7, 11) is 0. The molecular formula is C15H11Cl2N5O2. The van der Waals surface area contributed by atoms with Crippen molar-refractivity contribution in [2.75, 3.05) is 11.1 Å². The number of nitrogens with one attached hydrogen (secondary N) is 1. The molecule has 9 heteroatoms. The van der Waals surface area contributed by atoms with E-state index >= 15 is 0 Å². The molecule has 3 rings (SSSR count). The van der Waals surface area contributed by atoms with Gasteiger partial charge in [0, 0.05) is 21.2 Å². The molecule has 0 unspecified atom stereocenters. The van der Waals surface area contributed by atoms with E-state index in [1.165, 1.54) is 0 Å². The third-order valence-electron chi connectivity index (χ3n) is 3.25. The molecule has 0 aliphatic heterocycles. The van der Waals surface area contributed by atoms with Crippen LogP contribution in [-0.4, -0.2) is 21.2 Å². The van der Waals surface area contributed by atoms with Gasteiger partial charge in [-0.05, 0) is 42.4 Å². The highest BCUT2D eigenvalue weighted by atomic mass is 35.5. The van der Waals surface area contributed by atoms with E-state index in [4.69, 9.17) is 28.9 Å². The molecule has 0 spiro atoms. The maximum absolute atomic E-state index is 12.1. The maximum Gasteiger partial charge on any atom is 0.281 e. The number of nitrogen functional groups attached to an aromatic ring is 1. The zero-order chi connectivity index (χ0) is 17.3. The number of pyridine rings is 1. The normalized spacial score (nSPS) is 10.6. The van der Waals surface area contributed by atoms with Crippen molar-refractivity contribution >= 4 is 40.7 Å². The van der Waals surface area contributed by atoms with Crippen molar-refractivity contribution in [1.82, 2.24) is 15.3 Å². The Morgan fingerprint density at radius 2 is 1.96 bits per heavy atom. The number of anilines is 2. The van der Waals surface area contributed by atoms with Gasteiger partial charge in [-0.2, -0.15) is 0 Å². The summed E-state index contributed by atoms with van der Waals surface area (Å²) in [6, 6.07) is 8.35. The third kappa shape index (κ3) is 3.17. The minimum absolute atomic E-state index is 0.0809. The Kier molecular flexibility index (Phi) is 4.37. The van der Waals surface area contributed by atoms with Gasteiger partial charge in [0.2, 0.25) is 0 Å². The van der Waals surface area contributed by atoms with Gasteiger partial charge in [0.05, 0.1) is 0 Å². The van der Waals surface area contributed by atoms with Gasteiger partial charge in [-0.3, -0.25) is 4.79 Å². The number of benzene rings is 1. The standard InChI is InChI=1S/C15H11Cl2N5O2/c1-7-13(22-24-21-7)15(23)20-12-5-3-9(14(18)19-12)10-6-8(16)2-4-11(10)17/h2-6H,1H3,(H3,18,19,20,23). The highest BCUT2D eigenvalue weighted by Crippen LogP contribution is 2.33. The maximum atomic E-state index is 12.1. The van der Waals surface area contributed by atoms with Gasteiger partial charge in [-0.15, -0.1) is 0 Å². The Labute approximate surface area is 146 Å². The number of halogens is 2. The van der Waals surface area contributed by atoms with Crippen molar-refractivity contribution in [3.05, 3.63) is 51.8 Å². The lowest BCUT2D eigenvalue weighted by Crippen LogP contribution is -2.15. The van der Waals surface area contributed by atoms with Crippen LogP contribution in [0.3, 0.4) is 0 Å². The number of amides is 1. The van der Waals surface area contributed by atoms with E-state index in [-0.39, 0.29) is 17.3 Å². The van der Waals surface area contributed by atoms with Crippen LogP contribution in [-0.2, 0) is 0 Å². The Morgan fingerprint density at radius 1 is 1.17 bits per heavy atom. The molecule has 0 atom stereocenters. The van der Waals surface area contributed by atoms with Crippen molar-refractivity contribution < 1.29 is 9.42 Å². The van der Waals surface area contributed by atoms with Gasteiger partial charge in [0.25, 0.3) is 5.91 Å². The van der Waals surface area contributed by atoms with Crippen LogP contribution in [0.4, 0.5) is 11.6 Å². The van der Waals surface area contributed by atoms with E-state index in [1.807, 2.05) is 0 Å². The Hall–Kier alpha value is -2.64. The van der Waals surface area contributed by atoms with Crippen molar-refractivity contribution in [2.24, 2.45) is 0 Å². The second-order valence-electron chi connectivity index (χ2n) is 4.91. The highest BCUT2D eigenvalue weighted by Gasteiger charge is 2.16. The first-order chi connectivity index (χ1) is 11.5. The van der Waals surface area contributed by atoms with Crippen LogP contribution in [0.5, 0.6) is 0 Å². The average Bonchev–Trinajstić information content (AvgIpc) is 2.96. The number of rotatable bonds is 3. The molecule has 0 aliphatic carbocycles. The van der Waals surface area contributed by atoms with Crippen molar-refractivity contribution in [1.29, 1.82) is 0 Å². The van der Waals surface area contributed by atoms with Crippen LogP contribution in [0.1, 0.15) is 16.2 Å². The monoisotopic (exact) mass is 363 g/mol. The lowest BCUT2D eigenvalue weighted by molar-refractivity contribution is 0.101. The lowest BCUT2D eigenvalue weighted by Gasteiger charge is -2.10. The van der Waals surface area contributed by atoms with E-state index in [2.05, 4.69) is 25.2 Å². The number of carbonyl (C=O) groups is 1. The SMILES string of the molecule is Cc1nonc1C(=O)Nc1ccc(-c2cc(Cl)ccc2Cl)c(N)n1. The average molecular weight is 364 g/mol. The van der Waals surface area contributed by atoms with E-state index in [9.17, 15) is 4.79 Å². The van der Waals surface area contributed by atoms with E-state index in [0.717, 1.165) is 0 Å². The van der Waals surface area contributed by atoms with E-state index in [1.54, 1.807) is 37.3 Å². The zero-order valence-corrected chi connectivity index (χ0v) is 13.9. The highest BCUT2D eigenvalue weighted by molar-refractivity contribution is 6.35. The first-order valence-corrected chi connectivity index (χ1v) is 7.53. The lowest BCUT2D eigenvalue weighted by atomic mass is 10.1. The molecule has 3 aromatic rings. The Balaban J connectivity index is 1.89. The van der Waals surface area contributed by atoms with Gasteiger partial charge >= 0.3 is 0 Å². The van der Waals surface area contributed by atoms with E-state index in [0.29, 0.717) is 26.9 Å². The smallest absolute Gasteiger partial charge is 0.281 e. The predicted octanol–water partition coefficient (Wildman–Crippen LogP) is 3.58. The van der Waals surface area contributed by atoms with Crippen LogP contribution in [0.25, 0.3) is 11.1 Å². The number of nitrogens with zero attached hydrogens (tertiary/aromatic N) is 3. The number of aryl methyl sites for hydroxylation is 1.